The summed E-state index contributed by atoms with van der Waals surface area (Å²) in [7, 11) is 0. The zero-order chi connectivity index (χ0) is 23.7. The number of carbonyl (C=O) groups excluding carboxylic acids is 3. The van der Waals surface area contributed by atoms with Gasteiger partial charge in [0.2, 0.25) is 5.91 Å². The van der Waals surface area contributed by atoms with Crippen LogP contribution in [0.4, 0.5) is 5.13 Å². The van der Waals surface area contributed by atoms with Crippen molar-refractivity contribution in [2.24, 2.45) is 0 Å². The van der Waals surface area contributed by atoms with Gasteiger partial charge in [-0.3, -0.25) is 29.1 Å². The number of benzene rings is 2. The van der Waals surface area contributed by atoms with Crippen molar-refractivity contribution < 1.29 is 19.1 Å². The highest BCUT2D eigenvalue weighted by Crippen LogP contribution is 2.33. The molecule has 2 aliphatic rings. The molecule has 184 valence electrons. The SMILES string of the molecule is Cl.O=C1c2ccccc2C(=O)N1CC(=O)N(CCCN1CCOCC1)c1nc2c(Cl)cccc2s1. The maximum absolute atomic E-state index is 13.5. The molecular formula is C24H24Cl2N4O4S. The zero-order valence-electron chi connectivity index (χ0n) is 18.8. The van der Waals surface area contributed by atoms with E-state index in [0.717, 1.165) is 35.7 Å². The summed E-state index contributed by atoms with van der Waals surface area (Å²) in [5.74, 6) is -1.25. The quantitative estimate of drug-likeness (QED) is 0.429. The summed E-state index contributed by atoms with van der Waals surface area (Å²) in [6, 6.07) is 12.1. The number of aromatic nitrogens is 1. The standard InChI is InChI=1S/C24H23ClN4O4S.ClH/c25-18-7-3-8-19-21(18)26-24(34-19)28(10-4-9-27-11-13-33-14-12-27)20(30)15-29-22(31)16-5-1-2-6-17(16)23(29)32;/h1-3,5-8H,4,9-15H2;1H. The topological polar surface area (TPSA) is 83.1 Å². The summed E-state index contributed by atoms with van der Waals surface area (Å²) in [6.45, 7) is 4.02. The predicted molar refractivity (Wildman–Crippen MR) is 138 cm³/mol. The number of fused-ring (bicyclic) bond motifs is 2. The van der Waals surface area contributed by atoms with Gasteiger partial charge in [0.05, 0.1) is 34.1 Å². The fraction of sp³-hybridized carbons (Fsp3) is 0.333. The number of para-hydroxylation sites is 1. The van der Waals surface area contributed by atoms with E-state index in [4.69, 9.17) is 16.3 Å². The summed E-state index contributed by atoms with van der Waals surface area (Å²) in [5.41, 5.74) is 1.28. The van der Waals surface area contributed by atoms with Gasteiger partial charge in [-0.05, 0) is 30.7 Å². The highest BCUT2D eigenvalue weighted by Gasteiger charge is 2.37. The van der Waals surface area contributed by atoms with Gasteiger partial charge in [-0.25, -0.2) is 4.98 Å². The van der Waals surface area contributed by atoms with E-state index in [1.54, 1.807) is 35.2 Å². The molecule has 1 saturated heterocycles. The minimum atomic E-state index is -0.449. The number of hydrogen-bond donors (Lipinski definition) is 0. The van der Waals surface area contributed by atoms with Crippen LogP contribution in [-0.4, -0.2) is 78.4 Å². The maximum Gasteiger partial charge on any atom is 0.262 e. The number of nitrogens with zero attached hydrogens (tertiary/aromatic N) is 4. The van der Waals surface area contributed by atoms with Gasteiger partial charge < -0.3 is 4.74 Å². The molecule has 0 radical (unpaired) electrons. The van der Waals surface area contributed by atoms with Gasteiger partial charge in [-0.1, -0.05) is 41.1 Å². The van der Waals surface area contributed by atoms with Crippen molar-refractivity contribution in [3.63, 3.8) is 0 Å². The Morgan fingerprint density at radius 3 is 2.40 bits per heavy atom. The summed E-state index contributed by atoms with van der Waals surface area (Å²) < 4.78 is 6.27. The average Bonchev–Trinajstić information content (AvgIpc) is 3.39. The molecule has 5 rings (SSSR count). The van der Waals surface area contributed by atoms with Crippen LogP contribution in [0.3, 0.4) is 0 Å². The van der Waals surface area contributed by atoms with Crippen LogP contribution < -0.4 is 4.90 Å². The summed E-state index contributed by atoms with van der Waals surface area (Å²) in [4.78, 5) is 48.6. The van der Waals surface area contributed by atoms with Gasteiger partial charge in [-0.2, -0.15) is 0 Å². The summed E-state index contributed by atoms with van der Waals surface area (Å²) >= 11 is 7.68. The molecule has 11 heteroatoms. The first kappa shape index (κ1) is 25.5. The molecule has 8 nitrogen and oxygen atoms in total. The number of ether oxygens (including phenoxy) is 1. The smallest absolute Gasteiger partial charge is 0.262 e. The van der Waals surface area contributed by atoms with Crippen LogP contribution in [0.1, 0.15) is 27.1 Å². The number of hydrogen-bond acceptors (Lipinski definition) is 7. The lowest BCUT2D eigenvalue weighted by Gasteiger charge is -2.28. The Kier molecular flexibility index (Phi) is 8.03. The second-order valence-electron chi connectivity index (χ2n) is 8.18. The molecule has 35 heavy (non-hydrogen) atoms. The van der Waals surface area contributed by atoms with Crippen molar-refractivity contribution in [3.8, 4) is 0 Å². The Labute approximate surface area is 217 Å². The third-order valence-corrected chi connectivity index (χ3v) is 7.37. The molecule has 1 fully saturated rings. The van der Waals surface area contributed by atoms with Gasteiger partial charge in [0.25, 0.3) is 11.8 Å². The average molecular weight is 535 g/mol. The highest BCUT2D eigenvalue weighted by atomic mass is 35.5. The first-order valence-electron chi connectivity index (χ1n) is 11.1. The zero-order valence-corrected chi connectivity index (χ0v) is 21.2. The van der Waals surface area contributed by atoms with Gasteiger partial charge in [-0.15, -0.1) is 12.4 Å². The Bertz CT molecular complexity index is 1230. The second-order valence-corrected chi connectivity index (χ2v) is 9.59. The van der Waals surface area contributed by atoms with Gasteiger partial charge >= 0.3 is 0 Å². The van der Waals surface area contributed by atoms with E-state index < -0.39 is 11.8 Å². The van der Waals surface area contributed by atoms with Crippen LogP contribution in [0, 0.1) is 0 Å². The number of rotatable bonds is 7. The number of halogens is 2. The van der Waals surface area contributed by atoms with Crippen LogP contribution in [0.15, 0.2) is 42.5 Å². The van der Waals surface area contributed by atoms with E-state index >= 15 is 0 Å². The number of amides is 3. The number of imide groups is 1. The predicted octanol–water partition coefficient (Wildman–Crippen LogP) is 3.72. The molecule has 0 N–H and O–H groups in total. The Balaban J connectivity index is 0.00000289. The monoisotopic (exact) mass is 534 g/mol. The van der Waals surface area contributed by atoms with Crippen molar-refractivity contribution in [1.82, 2.24) is 14.8 Å². The molecule has 0 unspecified atom stereocenters. The van der Waals surface area contributed by atoms with Crippen molar-refractivity contribution in [2.75, 3.05) is 50.8 Å². The molecule has 2 aromatic carbocycles. The molecule has 3 aromatic rings. The Morgan fingerprint density at radius 1 is 1.06 bits per heavy atom. The van der Waals surface area contributed by atoms with Crippen molar-refractivity contribution in [3.05, 3.63) is 58.6 Å². The van der Waals surface area contributed by atoms with Crippen LogP contribution in [0.25, 0.3) is 10.2 Å². The maximum atomic E-state index is 13.5. The Morgan fingerprint density at radius 2 is 1.74 bits per heavy atom. The molecular weight excluding hydrogens is 511 g/mol. The molecule has 2 aliphatic heterocycles. The lowest BCUT2D eigenvalue weighted by molar-refractivity contribution is -0.119. The molecule has 0 atom stereocenters. The van der Waals surface area contributed by atoms with E-state index in [1.807, 2.05) is 12.1 Å². The van der Waals surface area contributed by atoms with E-state index in [1.165, 1.54) is 11.3 Å². The van der Waals surface area contributed by atoms with Crippen LogP contribution in [-0.2, 0) is 9.53 Å². The van der Waals surface area contributed by atoms with Gasteiger partial charge in [0.15, 0.2) is 5.13 Å². The molecule has 0 saturated carbocycles. The third-order valence-electron chi connectivity index (χ3n) is 6.02. The normalized spacial score (nSPS) is 15.9. The van der Waals surface area contributed by atoms with E-state index in [0.29, 0.717) is 46.6 Å². The van der Waals surface area contributed by atoms with Crippen molar-refractivity contribution in [1.29, 1.82) is 0 Å². The van der Waals surface area contributed by atoms with Crippen LogP contribution >= 0.6 is 35.3 Å². The molecule has 3 heterocycles. The molecule has 0 spiro atoms. The third kappa shape index (κ3) is 5.19. The number of anilines is 1. The molecule has 1 aromatic heterocycles. The van der Waals surface area contributed by atoms with E-state index in [2.05, 4.69) is 9.88 Å². The van der Waals surface area contributed by atoms with Crippen molar-refractivity contribution >= 4 is 68.4 Å². The molecule has 3 amide bonds. The minimum absolute atomic E-state index is 0. The molecule has 0 aliphatic carbocycles. The fourth-order valence-corrected chi connectivity index (χ4v) is 5.53. The summed E-state index contributed by atoms with van der Waals surface area (Å²) in [5, 5.41) is 1.02. The highest BCUT2D eigenvalue weighted by molar-refractivity contribution is 7.22. The largest absolute Gasteiger partial charge is 0.379 e. The second kappa shape index (κ2) is 11.0. The van der Waals surface area contributed by atoms with E-state index in [-0.39, 0.29) is 24.9 Å². The van der Waals surface area contributed by atoms with E-state index in [9.17, 15) is 14.4 Å². The van der Waals surface area contributed by atoms with Gasteiger partial charge in [0.1, 0.15) is 12.1 Å². The first-order valence-corrected chi connectivity index (χ1v) is 12.3. The minimum Gasteiger partial charge on any atom is -0.379 e. The van der Waals surface area contributed by atoms with Crippen LogP contribution in [0.5, 0.6) is 0 Å². The van der Waals surface area contributed by atoms with Gasteiger partial charge in [0, 0.05) is 26.2 Å². The summed E-state index contributed by atoms with van der Waals surface area (Å²) in [6.07, 6.45) is 0.720. The lowest BCUT2D eigenvalue weighted by atomic mass is 10.1. The molecule has 0 bridgehead atoms. The first-order chi connectivity index (χ1) is 16.5. The number of thiazole rings is 1. The fourth-order valence-electron chi connectivity index (χ4n) is 4.23. The number of morpholine rings is 1. The van der Waals surface area contributed by atoms with Crippen LogP contribution in [0.2, 0.25) is 5.02 Å². The van der Waals surface area contributed by atoms with Crippen molar-refractivity contribution in [2.45, 2.75) is 6.42 Å². The Hall–Kier alpha value is -2.56. The number of carbonyl (C=O) groups is 3. The lowest BCUT2D eigenvalue weighted by Crippen LogP contribution is -2.44.